The third-order valence-corrected chi connectivity index (χ3v) is 7.02. The number of hydrogen-bond acceptors (Lipinski definition) is 3. The van der Waals surface area contributed by atoms with E-state index in [1.54, 1.807) is 6.20 Å². The molecule has 0 aliphatic carbocycles. The van der Waals surface area contributed by atoms with Crippen LogP contribution in [0.2, 0.25) is 0 Å². The van der Waals surface area contributed by atoms with Crippen molar-refractivity contribution in [2.24, 2.45) is 0 Å². The van der Waals surface area contributed by atoms with Gasteiger partial charge in [0.15, 0.2) is 0 Å². The fourth-order valence-electron chi connectivity index (χ4n) is 5.26. The molecule has 4 rings (SSSR count). The Balaban J connectivity index is 1.39. The van der Waals surface area contributed by atoms with Crippen LogP contribution in [0.15, 0.2) is 30.5 Å². The Hall–Kier alpha value is -2.63. The molecular formula is C25H34N4O2. The quantitative estimate of drug-likeness (QED) is 0.807. The maximum atomic E-state index is 13.3. The Morgan fingerprint density at radius 1 is 1.10 bits per heavy atom. The molecule has 1 aromatic heterocycles. The van der Waals surface area contributed by atoms with Gasteiger partial charge in [0.1, 0.15) is 0 Å². The number of H-pyrrole nitrogens is 1. The molecular weight excluding hydrogens is 388 g/mol. The number of aromatic nitrogens is 2. The number of piperidine rings is 2. The lowest BCUT2D eigenvalue weighted by molar-refractivity contribution is -0.131. The Morgan fingerprint density at radius 2 is 1.81 bits per heavy atom. The Bertz CT molecular complexity index is 919. The largest absolute Gasteiger partial charge is 0.342 e. The van der Waals surface area contributed by atoms with Crippen LogP contribution in [-0.4, -0.2) is 57.0 Å². The molecule has 0 unspecified atom stereocenters. The molecule has 6 heteroatoms. The molecule has 0 saturated carbocycles. The van der Waals surface area contributed by atoms with Crippen molar-refractivity contribution in [1.29, 1.82) is 0 Å². The van der Waals surface area contributed by atoms with Crippen LogP contribution in [0.3, 0.4) is 0 Å². The maximum Gasteiger partial charge on any atom is 0.257 e. The van der Waals surface area contributed by atoms with Gasteiger partial charge in [0.25, 0.3) is 5.91 Å². The normalized spacial score (nSPS) is 22.5. The lowest BCUT2D eigenvalue weighted by Crippen LogP contribution is -2.47. The highest BCUT2D eigenvalue weighted by Gasteiger charge is 2.34. The van der Waals surface area contributed by atoms with E-state index >= 15 is 0 Å². The van der Waals surface area contributed by atoms with Gasteiger partial charge in [0.2, 0.25) is 5.91 Å². The van der Waals surface area contributed by atoms with Crippen LogP contribution in [0, 0.1) is 6.92 Å². The number of carbonyl (C=O) groups excluding carboxylic acids is 2. The second-order valence-electron chi connectivity index (χ2n) is 9.36. The minimum Gasteiger partial charge on any atom is -0.342 e. The van der Waals surface area contributed by atoms with Crippen LogP contribution in [0.1, 0.15) is 79.0 Å². The number of rotatable bonds is 4. The lowest BCUT2D eigenvalue weighted by Gasteiger charge is -2.39. The van der Waals surface area contributed by atoms with Gasteiger partial charge in [0.05, 0.1) is 23.9 Å². The van der Waals surface area contributed by atoms with E-state index in [0.717, 1.165) is 50.0 Å². The predicted molar refractivity (Wildman–Crippen MR) is 121 cm³/mol. The van der Waals surface area contributed by atoms with Crippen LogP contribution < -0.4 is 0 Å². The first-order chi connectivity index (χ1) is 14.9. The van der Waals surface area contributed by atoms with Gasteiger partial charge in [-0.05, 0) is 58.4 Å². The van der Waals surface area contributed by atoms with E-state index in [4.69, 9.17) is 0 Å². The molecule has 2 aliphatic rings. The molecule has 0 radical (unpaired) electrons. The van der Waals surface area contributed by atoms with Crippen LogP contribution in [0.4, 0.5) is 0 Å². The SMILES string of the molecule is Cc1cccc(CC(=O)N2CCC(c3[nH]ncc3C(=O)N3[C@H](C)CCC[C@H]3C)CC2)c1. The number of benzene rings is 1. The molecule has 3 heterocycles. The molecule has 1 aromatic carbocycles. The summed E-state index contributed by atoms with van der Waals surface area (Å²) in [5.74, 6) is 0.516. The number of aryl methyl sites for hydroxylation is 1. The second-order valence-corrected chi connectivity index (χ2v) is 9.36. The molecule has 31 heavy (non-hydrogen) atoms. The summed E-state index contributed by atoms with van der Waals surface area (Å²) in [6.07, 6.45) is 7.15. The van der Waals surface area contributed by atoms with Gasteiger partial charge in [0, 0.05) is 31.1 Å². The Kier molecular flexibility index (Phi) is 6.44. The molecule has 2 saturated heterocycles. The summed E-state index contributed by atoms with van der Waals surface area (Å²) in [6.45, 7) is 7.78. The molecule has 1 N–H and O–H groups in total. The first-order valence-corrected chi connectivity index (χ1v) is 11.6. The monoisotopic (exact) mass is 422 g/mol. The fraction of sp³-hybridized carbons (Fsp3) is 0.560. The molecule has 0 spiro atoms. The third kappa shape index (κ3) is 4.68. The van der Waals surface area contributed by atoms with Gasteiger partial charge in [-0.3, -0.25) is 14.7 Å². The molecule has 2 amide bonds. The predicted octanol–water partition coefficient (Wildman–Crippen LogP) is 4.07. The van der Waals surface area contributed by atoms with Crippen LogP contribution in [-0.2, 0) is 11.2 Å². The Labute approximate surface area is 185 Å². The minimum atomic E-state index is 0.0985. The van der Waals surface area contributed by atoms with E-state index in [0.29, 0.717) is 12.0 Å². The average Bonchev–Trinajstić information content (AvgIpc) is 3.23. The molecule has 2 aromatic rings. The summed E-state index contributed by atoms with van der Waals surface area (Å²) in [5, 5.41) is 7.34. The number of hydrogen-bond donors (Lipinski definition) is 1. The van der Waals surface area contributed by atoms with Gasteiger partial charge < -0.3 is 9.80 Å². The topological polar surface area (TPSA) is 69.3 Å². The number of nitrogens with zero attached hydrogens (tertiary/aromatic N) is 3. The van der Waals surface area contributed by atoms with E-state index in [-0.39, 0.29) is 29.8 Å². The molecule has 2 aliphatic heterocycles. The smallest absolute Gasteiger partial charge is 0.257 e. The van der Waals surface area contributed by atoms with E-state index < -0.39 is 0 Å². The van der Waals surface area contributed by atoms with Crippen molar-refractivity contribution in [1.82, 2.24) is 20.0 Å². The summed E-state index contributed by atoms with van der Waals surface area (Å²) >= 11 is 0. The van der Waals surface area contributed by atoms with E-state index in [9.17, 15) is 9.59 Å². The third-order valence-electron chi connectivity index (χ3n) is 7.02. The molecule has 2 fully saturated rings. The highest BCUT2D eigenvalue weighted by Crippen LogP contribution is 2.32. The van der Waals surface area contributed by atoms with E-state index in [1.807, 2.05) is 34.9 Å². The first-order valence-electron chi connectivity index (χ1n) is 11.6. The first kappa shape index (κ1) is 21.6. The van der Waals surface area contributed by atoms with Crippen molar-refractivity contribution >= 4 is 11.8 Å². The zero-order valence-electron chi connectivity index (χ0n) is 18.9. The summed E-state index contributed by atoms with van der Waals surface area (Å²) in [4.78, 5) is 30.1. The van der Waals surface area contributed by atoms with Crippen molar-refractivity contribution in [3.05, 3.63) is 52.8 Å². The van der Waals surface area contributed by atoms with Crippen molar-refractivity contribution < 1.29 is 9.59 Å². The van der Waals surface area contributed by atoms with E-state index in [2.05, 4.69) is 30.1 Å². The van der Waals surface area contributed by atoms with Crippen molar-refractivity contribution in [2.75, 3.05) is 13.1 Å². The van der Waals surface area contributed by atoms with Gasteiger partial charge in [-0.25, -0.2) is 0 Å². The molecule has 166 valence electrons. The standard InChI is InChI=1S/C25H34N4O2/c1-17-6-4-9-20(14-17)15-23(30)28-12-10-21(11-13-28)24-22(16-26-27-24)25(31)29-18(2)7-5-8-19(29)3/h4,6,9,14,16,18-19,21H,5,7-8,10-13,15H2,1-3H3,(H,26,27)/t18-,19-/m1/s1. The number of likely N-dealkylation sites (tertiary alicyclic amines) is 2. The summed E-state index contributed by atoms with van der Waals surface area (Å²) in [7, 11) is 0. The van der Waals surface area contributed by atoms with Gasteiger partial charge in [-0.15, -0.1) is 0 Å². The van der Waals surface area contributed by atoms with Crippen LogP contribution in [0.25, 0.3) is 0 Å². The van der Waals surface area contributed by atoms with Gasteiger partial charge in [-0.2, -0.15) is 5.10 Å². The van der Waals surface area contributed by atoms with Crippen molar-refractivity contribution in [3.63, 3.8) is 0 Å². The van der Waals surface area contributed by atoms with Crippen molar-refractivity contribution in [3.8, 4) is 0 Å². The fourth-order valence-corrected chi connectivity index (χ4v) is 5.26. The second kappa shape index (κ2) is 9.25. The average molecular weight is 423 g/mol. The summed E-state index contributed by atoms with van der Waals surface area (Å²) in [5.41, 5.74) is 3.90. The number of aromatic amines is 1. The zero-order valence-corrected chi connectivity index (χ0v) is 18.9. The number of nitrogens with one attached hydrogen (secondary N) is 1. The number of amides is 2. The van der Waals surface area contributed by atoms with E-state index in [1.165, 1.54) is 12.0 Å². The molecule has 0 bridgehead atoms. The van der Waals surface area contributed by atoms with Gasteiger partial charge in [-0.1, -0.05) is 29.8 Å². The van der Waals surface area contributed by atoms with Crippen LogP contribution >= 0.6 is 0 Å². The molecule has 2 atom stereocenters. The highest BCUT2D eigenvalue weighted by molar-refractivity contribution is 5.95. The summed E-state index contributed by atoms with van der Waals surface area (Å²) in [6, 6.07) is 8.68. The maximum absolute atomic E-state index is 13.3. The zero-order chi connectivity index (χ0) is 22.0. The lowest BCUT2D eigenvalue weighted by atomic mass is 9.90. The van der Waals surface area contributed by atoms with Crippen LogP contribution in [0.5, 0.6) is 0 Å². The summed E-state index contributed by atoms with van der Waals surface area (Å²) < 4.78 is 0. The Morgan fingerprint density at radius 3 is 2.48 bits per heavy atom. The van der Waals surface area contributed by atoms with Crippen molar-refractivity contribution in [2.45, 2.75) is 77.3 Å². The number of carbonyl (C=O) groups is 2. The van der Waals surface area contributed by atoms with Gasteiger partial charge >= 0.3 is 0 Å². The minimum absolute atomic E-state index is 0.0985. The molecule has 6 nitrogen and oxygen atoms in total. The highest BCUT2D eigenvalue weighted by atomic mass is 16.2.